The largest absolute Gasteiger partial charge is 0.513 e. The van der Waals surface area contributed by atoms with Crippen molar-refractivity contribution in [1.82, 2.24) is 0 Å². The summed E-state index contributed by atoms with van der Waals surface area (Å²) in [6.45, 7) is 12.6. The van der Waals surface area contributed by atoms with E-state index in [2.05, 4.69) is 26.8 Å². The SMILES string of the molecule is CCCCOC(=O)Oc1c(CCC)ccc(C(=O)O)c1-c1ccc(C(C)(C)C)cc1C. The molecule has 0 heterocycles. The van der Waals surface area contributed by atoms with Crippen molar-refractivity contribution in [1.29, 1.82) is 0 Å². The molecule has 0 aliphatic rings. The molecule has 2 rings (SSSR count). The fourth-order valence-corrected chi connectivity index (χ4v) is 3.48. The number of carbonyl (C=O) groups is 2. The van der Waals surface area contributed by atoms with Crippen molar-refractivity contribution >= 4 is 12.1 Å². The number of carboxylic acids is 1. The number of aryl methyl sites for hydroxylation is 2. The van der Waals surface area contributed by atoms with Crippen molar-refractivity contribution in [3.63, 3.8) is 0 Å². The van der Waals surface area contributed by atoms with E-state index >= 15 is 0 Å². The second kappa shape index (κ2) is 10.5. The maximum atomic E-state index is 12.4. The summed E-state index contributed by atoms with van der Waals surface area (Å²) < 4.78 is 10.8. The van der Waals surface area contributed by atoms with Crippen LogP contribution in [0, 0.1) is 6.92 Å². The minimum absolute atomic E-state index is 0.0363. The number of hydrogen-bond donors (Lipinski definition) is 1. The van der Waals surface area contributed by atoms with Gasteiger partial charge in [-0.25, -0.2) is 9.59 Å². The fraction of sp³-hybridized carbons (Fsp3) is 0.462. The molecule has 0 bridgehead atoms. The Balaban J connectivity index is 2.66. The zero-order chi connectivity index (χ0) is 23.2. The number of carboxylic acid groups (broad SMARTS) is 1. The molecule has 0 aliphatic heterocycles. The highest BCUT2D eigenvalue weighted by Gasteiger charge is 2.25. The first kappa shape index (κ1) is 24.4. The number of ether oxygens (including phenoxy) is 2. The predicted octanol–water partition coefficient (Wildman–Crippen LogP) is 6.93. The zero-order valence-electron chi connectivity index (χ0n) is 19.5. The normalized spacial score (nSPS) is 11.3. The van der Waals surface area contributed by atoms with Crippen LogP contribution < -0.4 is 4.74 Å². The van der Waals surface area contributed by atoms with Gasteiger partial charge in [-0.2, -0.15) is 0 Å². The molecule has 0 aromatic heterocycles. The first-order valence-corrected chi connectivity index (χ1v) is 10.9. The lowest BCUT2D eigenvalue weighted by Gasteiger charge is -2.22. The summed E-state index contributed by atoms with van der Waals surface area (Å²) in [4.78, 5) is 24.5. The molecule has 0 radical (unpaired) electrons. The number of aromatic carboxylic acids is 1. The molecule has 0 fully saturated rings. The average Bonchev–Trinajstić information content (AvgIpc) is 2.68. The quantitative estimate of drug-likeness (QED) is 0.281. The van der Waals surface area contributed by atoms with Gasteiger partial charge in [0, 0.05) is 5.56 Å². The lowest BCUT2D eigenvalue weighted by atomic mass is 9.83. The number of hydrogen-bond acceptors (Lipinski definition) is 4. The van der Waals surface area contributed by atoms with Crippen LogP contribution in [-0.4, -0.2) is 23.8 Å². The smallest absolute Gasteiger partial charge is 0.478 e. The molecule has 0 amide bonds. The van der Waals surface area contributed by atoms with Gasteiger partial charge < -0.3 is 14.6 Å². The lowest BCUT2D eigenvalue weighted by Crippen LogP contribution is -2.15. The maximum absolute atomic E-state index is 12.4. The van der Waals surface area contributed by atoms with Crippen molar-refractivity contribution in [2.24, 2.45) is 0 Å². The summed E-state index contributed by atoms with van der Waals surface area (Å²) in [6, 6.07) is 9.31. The van der Waals surface area contributed by atoms with E-state index in [1.165, 1.54) is 0 Å². The molecule has 2 aromatic carbocycles. The first-order valence-electron chi connectivity index (χ1n) is 10.9. The summed E-state index contributed by atoms with van der Waals surface area (Å²) in [5, 5.41) is 9.88. The Morgan fingerprint density at radius 1 is 1.03 bits per heavy atom. The van der Waals surface area contributed by atoms with Crippen molar-refractivity contribution < 1.29 is 24.2 Å². The van der Waals surface area contributed by atoms with E-state index in [4.69, 9.17) is 9.47 Å². The molecule has 0 aliphatic carbocycles. The van der Waals surface area contributed by atoms with Crippen LogP contribution in [-0.2, 0) is 16.6 Å². The van der Waals surface area contributed by atoms with Gasteiger partial charge in [-0.3, -0.25) is 0 Å². The van der Waals surface area contributed by atoms with Crippen LogP contribution in [0.1, 0.15) is 80.9 Å². The molecule has 5 nitrogen and oxygen atoms in total. The third-order valence-corrected chi connectivity index (χ3v) is 5.25. The van der Waals surface area contributed by atoms with E-state index in [0.717, 1.165) is 41.5 Å². The van der Waals surface area contributed by atoms with Gasteiger partial charge in [0.25, 0.3) is 0 Å². The standard InChI is InChI=1S/C26H34O5/c1-7-9-15-30-25(29)31-23-18(10-8-2)11-13-21(24(27)28)22(23)20-14-12-19(16-17(20)3)26(4,5)6/h11-14,16H,7-10,15H2,1-6H3,(H,27,28). The molecule has 0 atom stereocenters. The Kier molecular flexibility index (Phi) is 8.26. The first-order chi connectivity index (χ1) is 14.6. The van der Waals surface area contributed by atoms with Gasteiger partial charge in [-0.1, -0.05) is 71.7 Å². The third-order valence-electron chi connectivity index (χ3n) is 5.25. The van der Waals surface area contributed by atoms with Crippen molar-refractivity contribution in [2.75, 3.05) is 6.61 Å². The average molecular weight is 427 g/mol. The molecule has 0 spiro atoms. The third kappa shape index (κ3) is 6.09. The number of rotatable bonds is 8. The van der Waals surface area contributed by atoms with E-state index < -0.39 is 12.1 Å². The van der Waals surface area contributed by atoms with Gasteiger partial charge in [0.15, 0.2) is 0 Å². The van der Waals surface area contributed by atoms with E-state index in [1.54, 1.807) is 12.1 Å². The van der Waals surface area contributed by atoms with Crippen LogP contribution in [0.3, 0.4) is 0 Å². The molecule has 0 saturated heterocycles. The van der Waals surface area contributed by atoms with Crippen LogP contribution >= 0.6 is 0 Å². The van der Waals surface area contributed by atoms with Crippen molar-refractivity contribution in [3.8, 4) is 16.9 Å². The highest BCUT2D eigenvalue weighted by Crippen LogP contribution is 2.40. The second-order valence-corrected chi connectivity index (χ2v) is 8.87. The lowest BCUT2D eigenvalue weighted by molar-refractivity contribution is 0.0695. The van der Waals surface area contributed by atoms with Gasteiger partial charge in [0.2, 0.25) is 0 Å². The molecule has 0 unspecified atom stereocenters. The van der Waals surface area contributed by atoms with E-state index in [9.17, 15) is 14.7 Å². The topological polar surface area (TPSA) is 72.8 Å². The van der Waals surface area contributed by atoms with Crippen LogP contribution in [0.15, 0.2) is 30.3 Å². The van der Waals surface area contributed by atoms with Gasteiger partial charge in [0.05, 0.1) is 12.2 Å². The van der Waals surface area contributed by atoms with E-state index in [0.29, 0.717) is 12.0 Å². The van der Waals surface area contributed by atoms with Gasteiger partial charge in [-0.05, 0) is 53.5 Å². The minimum Gasteiger partial charge on any atom is -0.478 e. The molecule has 0 saturated carbocycles. The monoisotopic (exact) mass is 426 g/mol. The van der Waals surface area contributed by atoms with Gasteiger partial charge >= 0.3 is 12.1 Å². The summed E-state index contributed by atoms with van der Waals surface area (Å²) in [6.07, 6.45) is 2.32. The van der Waals surface area contributed by atoms with Crippen molar-refractivity contribution in [3.05, 3.63) is 52.6 Å². The fourth-order valence-electron chi connectivity index (χ4n) is 3.48. The van der Waals surface area contributed by atoms with E-state index in [1.807, 2.05) is 32.9 Å². The number of benzene rings is 2. The Labute approximate surface area is 185 Å². The minimum atomic E-state index is -1.07. The molecule has 1 N–H and O–H groups in total. The second-order valence-electron chi connectivity index (χ2n) is 8.87. The summed E-state index contributed by atoms with van der Waals surface area (Å²) in [5.74, 6) is -0.795. The van der Waals surface area contributed by atoms with Crippen molar-refractivity contribution in [2.45, 2.75) is 72.6 Å². The van der Waals surface area contributed by atoms with Crippen LogP contribution in [0.4, 0.5) is 4.79 Å². The Morgan fingerprint density at radius 2 is 1.74 bits per heavy atom. The molecule has 168 valence electrons. The Hall–Kier alpha value is -2.82. The highest BCUT2D eigenvalue weighted by molar-refractivity contribution is 5.99. The van der Waals surface area contributed by atoms with Crippen LogP contribution in [0.25, 0.3) is 11.1 Å². The zero-order valence-corrected chi connectivity index (χ0v) is 19.5. The highest BCUT2D eigenvalue weighted by atomic mass is 16.7. The van der Waals surface area contributed by atoms with Gasteiger partial charge in [0.1, 0.15) is 5.75 Å². The number of carbonyl (C=O) groups excluding carboxylic acids is 1. The summed E-state index contributed by atoms with van der Waals surface area (Å²) in [5.41, 5.74) is 4.08. The summed E-state index contributed by atoms with van der Waals surface area (Å²) >= 11 is 0. The Morgan fingerprint density at radius 3 is 2.29 bits per heavy atom. The van der Waals surface area contributed by atoms with E-state index in [-0.39, 0.29) is 23.3 Å². The molecular formula is C26H34O5. The Bertz CT molecular complexity index is 938. The predicted molar refractivity (Wildman–Crippen MR) is 123 cm³/mol. The number of unbranched alkanes of at least 4 members (excludes halogenated alkanes) is 1. The van der Waals surface area contributed by atoms with Crippen LogP contribution in [0.5, 0.6) is 5.75 Å². The maximum Gasteiger partial charge on any atom is 0.513 e. The molecule has 31 heavy (non-hydrogen) atoms. The molecule has 5 heteroatoms. The van der Waals surface area contributed by atoms with Gasteiger partial charge in [-0.15, -0.1) is 0 Å². The molecule has 2 aromatic rings. The summed E-state index contributed by atoms with van der Waals surface area (Å²) in [7, 11) is 0. The van der Waals surface area contributed by atoms with Crippen LogP contribution in [0.2, 0.25) is 0 Å². The molecular weight excluding hydrogens is 392 g/mol.